The van der Waals surface area contributed by atoms with Gasteiger partial charge in [-0.3, -0.25) is 15.1 Å². The number of amides is 1. The molecule has 3 aromatic carbocycles. The van der Waals surface area contributed by atoms with Crippen molar-refractivity contribution in [1.82, 2.24) is 19.9 Å². The van der Waals surface area contributed by atoms with Crippen LogP contribution in [0.2, 0.25) is 5.02 Å². The van der Waals surface area contributed by atoms with Crippen LogP contribution in [0.15, 0.2) is 54.6 Å². The Morgan fingerprint density at radius 3 is 2.67 bits per heavy atom. The molecule has 9 nitrogen and oxygen atoms in total. The molecular weight excluding hydrogens is 573 g/mol. The molecular formula is C32H33ClFN5O4. The number of nitrogens with one attached hydrogen (secondary N) is 1. The van der Waals surface area contributed by atoms with Gasteiger partial charge in [0, 0.05) is 29.7 Å². The number of nitrogens with two attached hydrogens (primary N) is 1. The predicted molar refractivity (Wildman–Crippen MR) is 159 cm³/mol. The van der Waals surface area contributed by atoms with Crippen molar-refractivity contribution in [2.75, 3.05) is 19.7 Å². The van der Waals surface area contributed by atoms with E-state index in [1.165, 1.54) is 6.07 Å². The molecule has 0 spiro atoms. The van der Waals surface area contributed by atoms with Gasteiger partial charge in [0.25, 0.3) is 11.7 Å². The van der Waals surface area contributed by atoms with Gasteiger partial charge in [0.15, 0.2) is 11.5 Å². The summed E-state index contributed by atoms with van der Waals surface area (Å²) in [5, 5.41) is 0.323. The minimum Gasteiger partial charge on any atom is -0.444 e. The normalized spacial score (nSPS) is 22.1. The van der Waals surface area contributed by atoms with E-state index in [0.717, 1.165) is 67.9 Å². The van der Waals surface area contributed by atoms with Gasteiger partial charge in [-0.05, 0) is 80.7 Å². The Kier molecular flexibility index (Phi) is 7.25. The van der Waals surface area contributed by atoms with E-state index in [1.807, 2.05) is 18.2 Å². The minimum atomic E-state index is -1.28. The van der Waals surface area contributed by atoms with Crippen LogP contribution in [0.3, 0.4) is 0 Å². The first kappa shape index (κ1) is 28.1. The monoisotopic (exact) mass is 605 g/mol. The average molecular weight is 606 g/mol. The highest BCUT2D eigenvalue weighted by atomic mass is 35.5. The standard InChI is InChI=1S/C32H33ClFN5O4/c1-32(24-7-6-21(33)16-25(24)34)42-28-4-2-3-23(30(28)43-32)19-9-12-38(13-10-19)18-29-36-26-15-20(31(40)37-35)5-8-27(26)39(29)17-22-11-14-41-22/h2-8,15-16,19,22H,9-14,17-18,35H2,1H3,(H,37,40). The Labute approximate surface area is 253 Å². The first-order valence-electron chi connectivity index (χ1n) is 14.6. The van der Waals surface area contributed by atoms with Gasteiger partial charge in [0.05, 0.1) is 35.8 Å². The zero-order valence-corrected chi connectivity index (χ0v) is 24.6. The molecule has 0 radical (unpaired) electrons. The molecule has 43 heavy (non-hydrogen) atoms. The van der Waals surface area contributed by atoms with Crippen LogP contribution in [0, 0.1) is 5.82 Å². The van der Waals surface area contributed by atoms with Crippen molar-refractivity contribution in [3.63, 3.8) is 0 Å². The highest BCUT2D eigenvalue weighted by Crippen LogP contribution is 2.49. The number of carbonyl (C=O) groups is 1. The average Bonchev–Trinajstić information content (AvgIpc) is 3.50. The van der Waals surface area contributed by atoms with Gasteiger partial charge in [-0.2, -0.15) is 0 Å². The SMILES string of the molecule is CC1(c2ccc(Cl)cc2F)Oc2cccc(C3CCN(Cc4nc5cc(C(=O)NN)ccc5n4CC4CCO4)CC3)c2O1. The fourth-order valence-electron chi connectivity index (χ4n) is 6.40. The third kappa shape index (κ3) is 5.22. The Morgan fingerprint density at radius 2 is 1.95 bits per heavy atom. The van der Waals surface area contributed by atoms with E-state index in [4.69, 9.17) is 36.6 Å². The molecule has 3 N–H and O–H groups in total. The summed E-state index contributed by atoms with van der Waals surface area (Å²) in [5.41, 5.74) is 5.80. The summed E-state index contributed by atoms with van der Waals surface area (Å²) in [6.45, 7) is 5.69. The van der Waals surface area contributed by atoms with Gasteiger partial charge in [0.2, 0.25) is 0 Å². The van der Waals surface area contributed by atoms with Crippen LogP contribution in [0.5, 0.6) is 11.5 Å². The third-order valence-corrected chi connectivity index (χ3v) is 9.06. The number of hydrogen-bond donors (Lipinski definition) is 2. The van der Waals surface area contributed by atoms with Crippen molar-refractivity contribution in [3.8, 4) is 11.5 Å². The summed E-state index contributed by atoms with van der Waals surface area (Å²) in [7, 11) is 0. The lowest BCUT2D eigenvalue weighted by Gasteiger charge is -2.33. The van der Waals surface area contributed by atoms with Crippen LogP contribution >= 0.6 is 11.6 Å². The van der Waals surface area contributed by atoms with Crippen molar-refractivity contribution >= 4 is 28.5 Å². The van der Waals surface area contributed by atoms with Crippen LogP contribution in [0.4, 0.5) is 4.39 Å². The number of ether oxygens (including phenoxy) is 3. The number of imidazole rings is 1. The number of nitrogen functional groups attached to an aromatic ring is 1. The van der Waals surface area contributed by atoms with E-state index in [9.17, 15) is 9.18 Å². The summed E-state index contributed by atoms with van der Waals surface area (Å²) >= 11 is 5.98. The number of hydrogen-bond acceptors (Lipinski definition) is 7. The topological polar surface area (TPSA) is 104 Å². The molecule has 2 saturated heterocycles. The largest absolute Gasteiger partial charge is 0.444 e. The van der Waals surface area contributed by atoms with Crippen molar-refractivity contribution in [3.05, 3.63) is 88.0 Å². The van der Waals surface area contributed by atoms with Crippen molar-refractivity contribution in [2.45, 2.75) is 57.1 Å². The van der Waals surface area contributed by atoms with Crippen LogP contribution < -0.4 is 20.7 Å². The molecule has 2 fully saturated rings. The van der Waals surface area contributed by atoms with Crippen LogP contribution in [0.25, 0.3) is 11.0 Å². The number of piperidine rings is 1. The number of halogens is 2. The summed E-state index contributed by atoms with van der Waals surface area (Å²) in [6, 6.07) is 15.9. The number of hydrazine groups is 1. The Hall–Kier alpha value is -3.70. The molecule has 4 heterocycles. The lowest BCUT2D eigenvalue weighted by molar-refractivity contribution is -0.0712. The van der Waals surface area contributed by atoms with Gasteiger partial charge in [-0.1, -0.05) is 23.7 Å². The van der Waals surface area contributed by atoms with E-state index in [-0.39, 0.29) is 17.9 Å². The molecule has 0 saturated carbocycles. The summed E-state index contributed by atoms with van der Waals surface area (Å²) < 4.78 is 35.3. The Bertz CT molecular complexity index is 1700. The number of aromatic nitrogens is 2. The van der Waals surface area contributed by atoms with E-state index in [1.54, 1.807) is 31.2 Å². The van der Waals surface area contributed by atoms with E-state index >= 15 is 0 Å². The first-order chi connectivity index (χ1) is 20.8. The number of para-hydroxylation sites is 1. The minimum absolute atomic E-state index is 0.170. The molecule has 4 aromatic rings. The molecule has 1 amide bonds. The highest BCUT2D eigenvalue weighted by molar-refractivity contribution is 6.30. The summed E-state index contributed by atoms with van der Waals surface area (Å²) in [5.74, 6) is 5.78. The van der Waals surface area contributed by atoms with Gasteiger partial charge < -0.3 is 18.8 Å². The van der Waals surface area contributed by atoms with E-state index in [0.29, 0.717) is 34.2 Å². The number of carbonyl (C=O) groups excluding carboxylic acids is 1. The third-order valence-electron chi connectivity index (χ3n) is 8.82. The summed E-state index contributed by atoms with van der Waals surface area (Å²) in [6.07, 6.45) is 3.05. The number of benzene rings is 3. The summed E-state index contributed by atoms with van der Waals surface area (Å²) in [4.78, 5) is 19.5. The van der Waals surface area contributed by atoms with Crippen LogP contribution in [0.1, 0.15) is 59.4 Å². The number of nitrogens with zero attached hydrogens (tertiary/aromatic N) is 3. The predicted octanol–water partition coefficient (Wildman–Crippen LogP) is 5.24. The molecule has 1 aromatic heterocycles. The highest BCUT2D eigenvalue weighted by Gasteiger charge is 2.43. The van der Waals surface area contributed by atoms with E-state index in [2.05, 4.69) is 21.0 Å². The molecule has 3 aliphatic rings. The zero-order chi connectivity index (χ0) is 29.7. The molecule has 2 unspecified atom stereocenters. The molecule has 0 aliphatic carbocycles. The lowest BCUT2D eigenvalue weighted by atomic mass is 9.88. The second kappa shape index (κ2) is 11.1. The molecule has 3 aliphatic heterocycles. The van der Waals surface area contributed by atoms with Gasteiger partial charge in [-0.25, -0.2) is 15.2 Å². The second-order valence-corrected chi connectivity index (χ2v) is 12.0. The van der Waals surface area contributed by atoms with Crippen LogP contribution in [-0.4, -0.2) is 46.2 Å². The smallest absolute Gasteiger partial charge is 0.278 e. The molecule has 11 heteroatoms. The van der Waals surface area contributed by atoms with Gasteiger partial charge in [0.1, 0.15) is 11.6 Å². The van der Waals surface area contributed by atoms with E-state index < -0.39 is 11.6 Å². The molecule has 7 rings (SSSR count). The number of rotatable bonds is 7. The number of fused-ring (bicyclic) bond motifs is 2. The van der Waals surface area contributed by atoms with Crippen molar-refractivity contribution < 1.29 is 23.4 Å². The number of likely N-dealkylation sites (tertiary alicyclic amines) is 1. The Balaban J connectivity index is 1.08. The quantitative estimate of drug-likeness (QED) is 0.169. The molecule has 0 bridgehead atoms. The lowest BCUT2D eigenvalue weighted by Crippen LogP contribution is -2.35. The maximum Gasteiger partial charge on any atom is 0.278 e. The van der Waals surface area contributed by atoms with Crippen LogP contribution in [-0.2, 0) is 23.6 Å². The Morgan fingerprint density at radius 1 is 1.14 bits per heavy atom. The fourth-order valence-corrected chi connectivity index (χ4v) is 6.56. The van der Waals surface area contributed by atoms with Gasteiger partial charge in [-0.15, -0.1) is 0 Å². The maximum atomic E-state index is 14.8. The van der Waals surface area contributed by atoms with Crippen molar-refractivity contribution in [1.29, 1.82) is 0 Å². The maximum absolute atomic E-state index is 14.8. The first-order valence-corrected chi connectivity index (χ1v) is 15.0. The second-order valence-electron chi connectivity index (χ2n) is 11.6. The molecule has 2 atom stereocenters. The zero-order valence-electron chi connectivity index (χ0n) is 23.8. The fraction of sp³-hybridized carbons (Fsp3) is 0.375. The molecule has 224 valence electrons. The van der Waals surface area contributed by atoms with Crippen molar-refractivity contribution in [2.24, 2.45) is 5.84 Å². The van der Waals surface area contributed by atoms with Gasteiger partial charge >= 0.3 is 0 Å².